The van der Waals surface area contributed by atoms with Gasteiger partial charge in [-0.2, -0.15) is 5.26 Å². The van der Waals surface area contributed by atoms with E-state index < -0.39 is 5.97 Å². The summed E-state index contributed by atoms with van der Waals surface area (Å²) in [6.45, 7) is 4.09. The van der Waals surface area contributed by atoms with Gasteiger partial charge in [-0.1, -0.05) is 12.1 Å². The molecule has 0 unspecified atom stereocenters. The maximum atomic E-state index is 11.6. The molecule has 0 bridgehead atoms. The molecule has 1 heterocycles. The Balaban J connectivity index is 2.18. The summed E-state index contributed by atoms with van der Waals surface area (Å²) in [4.78, 5) is 15.6. The van der Waals surface area contributed by atoms with Crippen LogP contribution in [0.2, 0.25) is 0 Å². The monoisotopic (exact) mass is 269 g/mol. The number of nitrogens with zero attached hydrogens (tertiary/aromatic N) is 3. The number of hydrogen-bond acceptors (Lipinski definition) is 4. The second-order valence-electron chi connectivity index (χ2n) is 4.34. The van der Waals surface area contributed by atoms with Crippen LogP contribution < -0.4 is 0 Å². The number of imidazole rings is 1. The Labute approximate surface area is 117 Å². The lowest BCUT2D eigenvalue weighted by molar-refractivity contribution is 0.0520. The average molecular weight is 269 g/mol. The van der Waals surface area contributed by atoms with Gasteiger partial charge in [0.05, 0.1) is 30.6 Å². The summed E-state index contributed by atoms with van der Waals surface area (Å²) in [5.74, 6) is -0.418. The second-order valence-corrected chi connectivity index (χ2v) is 4.34. The summed E-state index contributed by atoms with van der Waals surface area (Å²) in [5.41, 5.74) is 1.96. The number of carbonyl (C=O) groups is 1. The number of benzene rings is 1. The third-order valence-electron chi connectivity index (χ3n) is 3.06. The quantitative estimate of drug-likeness (QED) is 0.800. The number of rotatable bonds is 4. The molecule has 20 heavy (non-hydrogen) atoms. The van der Waals surface area contributed by atoms with Crippen molar-refractivity contribution in [2.24, 2.45) is 0 Å². The first-order chi connectivity index (χ1) is 9.65. The van der Waals surface area contributed by atoms with E-state index in [1.165, 1.54) is 0 Å². The molecule has 0 aliphatic rings. The van der Waals surface area contributed by atoms with Crippen LogP contribution in [-0.2, 0) is 4.74 Å². The number of aromatic nitrogens is 2. The molecule has 0 amide bonds. The number of esters is 1. The van der Waals surface area contributed by atoms with E-state index in [9.17, 15) is 4.79 Å². The van der Waals surface area contributed by atoms with Crippen LogP contribution in [0, 0.1) is 11.3 Å². The summed E-state index contributed by atoms with van der Waals surface area (Å²) in [6, 6.07) is 9.45. The van der Waals surface area contributed by atoms with Crippen molar-refractivity contribution < 1.29 is 9.53 Å². The lowest BCUT2D eigenvalue weighted by atomic mass is 10.1. The van der Waals surface area contributed by atoms with Gasteiger partial charge in [0.1, 0.15) is 0 Å². The molecule has 5 nitrogen and oxygen atoms in total. The minimum absolute atomic E-state index is 0.0263. The van der Waals surface area contributed by atoms with Crippen molar-refractivity contribution in [3.8, 4) is 6.07 Å². The maximum absolute atomic E-state index is 11.6. The van der Waals surface area contributed by atoms with Crippen LogP contribution in [0.25, 0.3) is 0 Å². The SMILES string of the molecule is CCOC(=O)c1cn([C@@H](C)c2ccc(C#N)cc2)cn1. The standard InChI is InChI=1S/C15H15N3O2/c1-3-20-15(19)14-9-18(10-17-14)11(2)13-6-4-12(8-16)5-7-13/h4-7,9-11H,3H2,1-2H3/t11-/m0/s1. The molecule has 0 saturated heterocycles. The fraction of sp³-hybridized carbons (Fsp3) is 0.267. The van der Waals surface area contributed by atoms with Crippen LogP contribution in [0.3, 0.4) is 0 Å². The molecule has 1 atom stereocenters. The highest BCUT2D eigenvalue weighted by Crippen LogP contribution is 2.18. The van der Waals surface area contributed by atoms with Crippen LogP contribution in [-0.4, -0.2) is 22.1 Å². The molecule has 1 aromatic carbocycles. The third kappa shape index (κ3) is 2.86. The smallest absolute Gasteiger partial charge is 0.358 e. The Morgan fingerprint density at radius 2 is 2.15 bits per heavy atom. The van der Waals surface area contributed by atoms with E-state index in [4.69, 9.17) is 10.00 Å². The summed E-state index contributed by atoms with van der Waals surface area (Å²) >= 11 is 0. The molecule has 0 spiro atoms. The van der Waals surface area contributed by atoms with Crippen LogP contribution in [0.5, 0.6) is 0 Å². The predicted molar refractivity (Wildman–Crippen MR) is 73.2 cm³/mol. The van der Waals surface area contributed by atoms with Gasteiger partial charge in [0.2, 0.25) is 0 Å². The summed E-state index contributed by atoms with van der Waals surface area (Å²) < 4.78 is 6.75. The van der Waals surface area contributed by atoms with Crippen molar-refractivity contribution >= 4 is 5.97 Å². The molecule has 0 aliphatic carbocycles. The van der Waals surface area contributed by atoms with Crippen molar-refractivity contribution in [1.29, 1.82) is 5.26 Å². The number of carbonyl (C=O) groups excluding carboxylic acids is 1. The molecule has 0 fully saturated rings. The Kier molecular flexibility index (Phi) is 4.16. The molecular weight excluding hydrogens is 254 g/mol. The Morgan fingerprint density at radius 3 is 2.75 bits per heavy atom. The highest BCUT2D eigenvalue weighted by Gasteiger charge is 2.13. The van der Waals surface area contributed by atoms with Gasteiger partial charge in [0.25, 0.3) is 0 Å². The topological polar surface area (TPSA) is 67.9 Å². The van der Waals surface area contributed by atoms with Gasteiger partial charge in [0, 0.05) is 6.20 Å². The Hall–Kier alpha value is -2.61. The van der Waals surface area contributed by atoms with Gasteiger partial charge in [-0.3, -0.25) is 0 Å². The molecule has 0 N–H and O–H groups in total. The van der Waals surface area contributed by atoms with Crippen LogP contribution in [0.15, 0.2) is 36.8 Å². The number of ether oxygens (including phenoxy) is 1. The van der Waals surface area contributed by atoms with Gasteiger partial charge in [-0.15, -0.1) is 0 Å². The van der Waals surface area contributed by atoms with E-state index in [0.717, 1.165) is 5.56 Å². The second kappa shape index (κ2) is 6.02. The zero-order chi connectivity index (χ0) is 14.5. The van der Waals surface area contributed by atoms with Crippen LogP contribution >= 0.6 is 0 Å². The molecule has 0 radical (unpaired) electrons. The van der Waals surface area contributed by atoms with E-state index in [0.29, 0.717) is 17.9 Å². The first-order valence-electron chi connectivity index (χ1n) is 6.36. The Morgan fingerprint density at radius 1 is 1.45 bits per heavy atom. The van der Waals surface area contributed by atoms with E-state index in [2.05, 4.69) is 11.1 Å². The molecule has 102 valence electrons. The summed E-state index contributed by atoms with van der Waals surface area (Å²) in [7, 11) is 0. The molecule has 1 aromatic heterocycles. The minimum Gasteiger partial charge on any atom is -0.461 e. The van der Waals surface area contributed by atoms with Crippen molar-refractivity contribution in [3.05, 3.63) is 53.6 Å². The number of hydrogen-bond donors (Lipinski definition) is 0. The molecular formula is C15H15N3O2. The van der Waals surface area contributed by atoms with E-state index in [1.54, 1.807) is 31.6 Å². The predicted octanol–water partition coefficient (Wildman–Crippen LogP) is 2.54. The van der Waals surface area contributed by atoms with Gasteiger partial charge >= 0.3 is 5.97 Å². The summed E-state index contributed by atoms with van der Waals surface area (Å²) in [5, 5.41) is 8.78. The molecule has 0 aliphatic heterocycles. The fourth-order valence-electron chi connectivity index (χ4n) is 1.87. The van der Waals surface area contributed by atoms with Gasteiger partial charge < -0.3 is 9.30 Å². The van der Waals surface area contributed by atoms with Gasteiger partial charge in [-0.25, -0.2) is 9.78 Å². The lowest BCUT2D eigenvalue weighted by Crippen LogP contribution is -2.06. The average Bonchev–Trinajstić information content (AvgIpc) is 2.97. The van der Waals surface area contributed by atoms with Gasteiger partial charge in [0.15, 0.2) is 5.69 Å². The zero-order valence-electron chi connectivity index (χ0n) is 11.4. The Bertz CT molecular complexity index is 638. The first kappa shape index (κ1) is 13.8. The highest BCUT2D eigenvalue weighted by atomic mass is 16.5. The number of nitriles is 1. The normalized spacial score (nSPS) is 11.7. The molecule has 2 rings (SSSR count). The van der Waals surface area contributed by atoms with Crippen molar-refractivity contribution in [2.75, 3.05) is 6.61 Å². The van der Waals surface area contributed by atoms with Crippen LogP contribution in [0.1, 0.15) is 41.5 Å². The van der Waals surface area contributed by atoms with Crippen molar-refractivity contribution in [2.45, 2.75) is 19.9 Å². The molecule has 5 heteroatoms. The largest absolute Gasteiger partial charge is 0.461 e. The van der Waals surface area contributed by atoms with E-state index in [1.807, 2.05) is 23.6 Å². The third-order valence-corrected chi connectivity index (χ3v) is 3.06. The molecule has 2 aromatic rings. The van der Waals surface area contributed by atoms with Gasteiger partial charge in [-0.05, 0) is 31.5 Å². The zero-order valence-corrected chi connectivity index (χ0v) is 11.4. The van der Waals surface area contributed by atoms with Crippen molar-refractivity contribution in [3.63, 3.8) is 0 Å². The molecule has 0 saturated carbocycles. The lowest BCUT2D eigenvalue weighted by Gasteiger charge is -2.13. The first-order valence-corrected chi connectivity index (χ1v) is 6.36. The minimum atomic E-state index is -0.418. The van der Waals surface area contributed by atoms with Crippen molar-refractivity contribution in [1.82, 2.24) is 9.55 Å². The highest BCUT2D eigenvalue weighted by molar-refractivity contribution is 5.86. The van der Waals surface area contributed by atoms with Crippen LogP contribution in [0.4, 0.5) is 0 Å². The fourth-order valence-corrected chi connectivity index (χ4v) is 1.87. The van der Waals surface area contributed by atoms with E-state index in [-0.39, 0.29) is 6.04 Å². The van der Waals surface area contributed by atoms with E-state index >= 15 is 0 Å². The summed E-state index contributed by atoms with van der Waals surface area (Å²) in [6.07, 6.45) is 3.27. The maximum Gasteiger partial charge on any atom is 0.358 e.